The lowest BCUT2D eigenvalue weighted by molar-refractivity contribution is -0.384. The second-order valence-electron chi connectivity index (χ2n) is 6.72. The molecule has 150 valence electrons. The van der Waals surface area contributed by atoms with Crippen molar-refractivity contribution in [1.82, 2.24) is 9.80 Å². The van der Waals surface area contributed by atoms with Crippen LogP contribution in [0.3, 0.4) is 0 Å². The molecule has 1 aromatic carbocycles. The summed E-state index contributed by atoms with van der Waals surface area (Å²) in [6.45, 7) is 4.96. The molecule has 0 aromatic heterocycles. The number of nitrogens with two attached hydrogens (primary N) is 1. The molecule has 0 radical (unpaired) electrons. The number of guanidine groups is 1. The minimum atomic E-state index is -1.02. The highest BCUT2D eigenvalue weighted by Crippen LogP contribution is 2.37. The molecule has 0 bridgehead atoms. The summed E-state index contributed by atoms with van der Waals surface area (Å²) in [4.78, 5) is 42.8. The fourth-order valence-corrected chi connectivity index (χ4v) is 2.83. The molecule has 1 aliphatic heterocycles. The number of nitro groups is 1. The Balaban J connectivity index is 2.70. The van der Waals surface area contributed by atoms with Gasteiger partial charge in [0, 0.05) is 26.2 Å². The molecule has 0 saturated carbocycles. The maximum atomic E-state index is 12.8. The summed E-state index contributed by atoms with van der Waals surface area (Å²) in [6.07, 6.45) is -0.403. The average molecular weight is 389 g/mol. The molecule has 0 spiro atoms. The van der Waals surface area contributed by atoms with Crippen molar-refractivity contribution in [3.05, 3.63) is 51.2 Å². The number of ether oxygens (including phenoxy) is 1. The van der Waals surface area contributed by atoms with E-state index in [1.54, 1.807) is 26.8 Å². The van der Waals surface area contributed by atoms with E-state index in [0.717, 1.165) is 4.90 Å². The van der Waals surface area contributed by atoms with E-state index >= 15 is 0 Å². The Morgan fingerprint density at radius 1 is 1.36 bits per heavy atom. The number of amides is 2. The van der Waals surface area contributed by atoms with Crippen LogP contribution in [0.15, 0.2) is 40.5 Å². The number of rotatable bonds is 4. The minimum absolute atomic E-state index is 0.0959. The Kier molecular flexibility index (Phi) is 6.02. The zero-order chi connectivity index (χ0) is 21.2. The lowest BCUT2D eigenvalue weighted by Crippen LogP contribution is -2.51. The number of hydrogen-bond acceptors (Lipinski definition) is 7. The lowest BCUT2D eigenvalue weighted by atomic mass is 9.94. The van der Waals surface area contributed by atoms with Gasteiger partial charge in [0.25, 0.3) is 5.69 Å². The number of nitro benzene ring substituents is 1. The SMILES string of the molecule is CC1=C(C(=O)OC(C)C)C(c2cccc([N+](=O)[O-])c2)N(C(=O)N(C)C)C(N)=N1. The first-order chi connectivity index (χ1) is 13.0. The van der Waals surface area contributed by atoms with Crippen molar-refractivity contribution in [3.63, 3.8) is 0 Å². The van der Waals surface area contributed by atoms with Crippen LogP contribution < -0.4 is 5.73 Å². The molecule has 2 rings (SSSR count). The quantitative estimate of drug-likeness (QED) is 0.477. The second-order valence-corrected chi connectivity index (χ2v) is 6.72. The molecule has 1 aromatic rings. The fraction of sp³-hybridized carbons (Fsp3) is 0.389. The number of urea groups is 1. The van der Waals surface area contributed by atoms with Gasteiger partial charge in [0.2, 0.25) is 5.96 Å². The number of benzene rings is 1. The Morgan fingerprint density at radius 2 is 2.00 bits per heavy atom. The van der Waals surface area contributed by atoms with E-state index in [1.807, 2.05) is 0 Å². The van der Waals surface area contributed by atoms with Crippen LogP contribution in [0.25, 0.3) is 0 Å². The lowest BCUT2D eigenvalue weighted by Gasteiger charge is -2.36. The van der Waals surface area contributed by atoms with Gasteiger partial charge < -0.3 is 15.4 Å². The molecule has 0 saturated heterocycles. The van der Waals surface area contributed by atoms with Crippen molar-refractivity contribution < 1.29 is 19.2 Å². The molecule has 0 fully saturated rings. The Bertz CT molecular complexity index is 875. The molecule has 10 nitrogen and oxygen atoms in total. The van der Waals surface area contributed by atoms with Gasteiger partial charge in [-0.3, -0.25) is 15.0 Å². The first-order valence-electron chi connectivity index (χ1n) is 8.55. The van der Waals surface area contributed by atoms with E-state index in [4.69, 9.17) is 10.5 Å². The maximum Gasteiger partial charge on any atom is 0.338 e. The number of non-ortho nitro benzene ring substituents is 1. The van der Waals surface area contributed by atoms with Gasteiger partial charge in [0.05, 0.1) is 22.3 Å². The van der Waals surface area contributed by atoms with E-state index in [1.165, 1.54) is 37.2 Å². The molecule has 28 heavy (non-hydrogen) atoms. The molecule has 1 unspecified atom stereocenters. The number of nitrogens with zero attached hydrogens (tertiary/aromatic N) is 4. The Hall–Kier alpha value is -3.43. The van der Waals surface area contributed by atoms with Crippen molar-refractivity contribution in [1.29, 1.82) is 0 Å². The Labute approximate surface area is 162 Å². The minimum Gasteiger partial charge on any atom is -0.459 e. The van der Waals surface area contributed by atoms with Crippen LogP contribution in [-0.4, -0.2) is 52.9 Å². The van der Waals surface area contributed by atoms with Gasteiger partial charge in [-0.25, -0.2) is 14.6 Å². The molecule has 2 N–H and O–H groups in total. The molecule has 10 heteroatoms. The Morgan fingerprint density at radius 3 is 2.54 bits per heavy atom. The molecule has 1 heterocycles. The highest BCUT2D eigenvalue weighted by atomic mass is 16.6. The zero-order valence-electron chi connectivity index (χ0n) is 16.4. The molecule has 2 amide bonds. The van der Waals surface area contributed by atoms with Gasteiger partial charge in [-0.15, -0.1) is 0 Å². The third-order valence-corrected chi connectivity index (χ3v) is 4.00. The normalized spacial score (nSPS) is 16.7. The summed E-state index contributed by atoms with van der Waals surface area (Å²) in [5, 5.41) is 11.2. The molecule has 1 atom stereocenters. The van der Waals surface area contributed by atoms with Crippen molar-refractivity contribution in [2.24, 2.45) is 10.7 Å². The highest BCUT2D eigenvalue weighted by Gasteiger charge is 2.40. The van der Waals surface area contributed by atoms with Crippen LogP contribution in [0.4, 0.5) is 10.5 Å². The topological polar surface area (TPSA) is 131 Å². The second kappa shape index (κ2) is 8.07. The number of aliphatic imine (C=N–C) groups is 1. The predicted molar refractivity (Wildman–Crippen MR) is 102 cm³/mol. The maximum absolute atomic E-state index is 12.8. The van der Waals surface area contributed by atoms with E-state index in [0.29, 0.717) is 5.56 Å². The van der Waals surface area contributed by atoms with Crippen molar-refractivity contribution in [2.45, 2.75) is 32.9 Å². The monoisotopic (exact) mass is 389 g/mol. The molecular formula is C18H23N5O5. The number of esters is 1. The van der Waals surface area contributed by atoms with E-state index in [-0.39, 0.29) is 22.9 Å². The largest absolute Gasteiger partial charge is 0.459 e. The third-order valence-electron chi connectivity index (χ3n) is 4.00. The highest BCUT2D eigenvalue weighted by molar-refractivity contribution is 6.02. The van der Waals surface area contributed by atoms with Gasteiger partial charge in [-0.2, -0.15) is 0 Å². The van der Waals surface area contributed by atoms with E-state index in [9.17, 15) is 19.7 Å². The first-order valence-corrected chi connectivity index (χ1v) is 8.55. The molecule has 1 aliphatic rings. The van der Waals surface area contributed by atoms with Crippen LogP contribution in [0.1, 0.15) is 32.4 Å². The third kappa shape index (κ3) is 4.11. The van der Waals surface area contributed by atoms with Gasteiger partial charge in [-0.05, 0) is 26.3 Å². The van der Waals surface area contributed by atoms with Gasteiger partial charge in [0.15, 0.2) is 0 Å². The summed E-state index contributed by atoms with van der Waals surface area (Å²) in [5.74, 6) is -0.786. The summed E-state index contributed by atoms with van der Waals surface area (Å²) in [7, 11) is 3.05. The van der Waals surface area contributed by atoms with Gasteiger partial charge in [0.1, 0.15) is 6.04 Å². The summed E-state index contributed by atoms with van der Waals surface area (Å²) in [5.41, 5.74) is 6.55. The number of carbonyl (C=O) groups excluding carboxylic acids is 2. The zero-order valence-corrected chi connectivity index (χ0v) is 16.4. The molecule has 0 aliphatic carbocycles. The number of hydrogen-bond donors (Lipinski definition) is 1. The van der Waals surface area contributed by atoms with Gasteiger partial charge >= 0.3 is 12.0 Å². The smallest absolute Gasteiger partial charge is 0.338 e. The molecular weight excluding hydrogens is 366 g/mol. The van der Waals surface area contributed by atoms with E-state index < -0.39 is 29.1 Å². The summed E-state index contributed by atoms with van der Waals surface area (Å²) in [6, 6.07) is 4.15. The first kappa shape index (κ1) is 20.9. The van der Waals surface area contributed by atoms with Crippen LogP contribution in [-0.2, 0) is 9.53 Å². The van der Waals surface area contributed by atoms with Crippen LogP contribution in [0.2, 0.25) is 0 Å². The van der Waals surface area contributed by atoms with Crippen molar-refractivity contribution in [3.8, 4) is 0 Å². The average Bonchev–Trinajstić information content (AvgIpc) is 2.59. The predicted octanol–water partition coefficient (Wildman–Crippen LogP) is 2.17. The van der Waals surface area contributed by atoms with E-state index in [2.05, 4.69) is 4.99 Å². The van der Waals surface area contributed by atoms with Crippen molar-refractivity contribution in [2.75, 3.05) is 14.1 Å². The number of carbonyl (C=O) groups is 2. The van der Waals surface area contributed by atoms with Crippen LogP contribution >= 0.6 is 0 Å². The van der Waals surface area contributed by atoms with Crippen LogP contribution in [0, 0.1) is 10.1 Å². The van der Waals surface area contributed by atoms with Crippen molar-refractivity contribution >= 4 is 23.6 Å². The summed E-state index contributed by atoms with van der Waals surface area (Å²) < 4.78 is 5.32. The summed E-state index contributed by atoms with van der Waals surface area (Å²) >= 11 is 0. The standard InChI is InChI=1S/C18H23N5O5/c1-10(2)28-16(24)14-11(3)20-17(19)22(18(25)21(4)5)15(14)12-7-6-8-13(9-12)23(26)27/h6-10,15H,1-5H3,(H2,19,20). The number of allylic oxidation sites excluding steroid dienone is 1. The van der Waals surface area contributed by atoms with Gasteiger partial charge in [-0.1, -0.05) is 12.1 Å². The fourth-order valence-electron chi connectivity index (χ4n) is 2.83. The van der Waals surface area contributed by atoms with Crippen LogP contribution in [0.5, 0.6) is 0 Å².